The Morgan fingerprint density at radius 1 is 1.29 bits per heavy atom. The fourth-order valence-electron chi connectivity index (χ4n) is 1.97. The number of rotatable bonds is 2. The number of hydrogen-bond acceptors (Lipinski definition) is 2. The molecule has 0 saturated heterocycles. The van der Waals surface area contributed by atoms with Gasteiger partial charge in [0.05, 0.1) is 10.9 Å². The van der Waals surface area contributed by atoms with E-state index in [0.717, 1.165) is 12.0 Å². The third-order valence-electron chi connectivity index (χ3n) is 2.92. The molecule has 0 saturated carbocycles. The van der Waals surface area contributed by atoms with Gasteiger partial charge in [0, 0.05) is 6.04 Å². The fraction of sp³-hybridized carbons (Fsp3) is 0.385. The molecule has 0 unspecified atom stereocenters. The van der Waals surface area contributed by atoms with Gasteiger partial charge in [-0.1, -0.05) is 13.0 Å². The van der Waals surface area contributed by atoms with E-state index in [0.29, 0.717) is 10.9 Å². The van der Waals surface area contributed by atoms with Crippen molar-refractivity contribution in [3.8, 4) is 0 Å². The Kier molecular flexibility index (Phi) is 2.88. The molecule has 0 spiro atoms. The summed E-state index contributed by atoms with van der Waals surface area (Å²) in [7, 11) is 0. The number of aromatic amines is 1. The molecule has 4 heteroatoms. The normalized spacial score (nSPS) is 11.3. The van der Waals surface area contributed by atoms with Gasteiger partial charge >= 0.3 is 5.69 Å². The summed E-state index contributed by atoms with van der Waals surface area (Å²) < 4.78 is 1.24. The lowest BCUT2D eigenvalue weighted by molar-refractivity contribution is 0.552. The third kappa shape index (κ3) is 1.90. The number of aromatic nitrogens is 2. The van der Waals surface area contributed by atoms with Gasteiger partial charge in [-0.05, 0) is 38.0 Å². The first kappa shape index (κ1) is 11.6. The zero-order valence-electron chi connectivity index (χ0n) is 10.3. The minimum atomic E-state index is -0.342. The first-order chi connectivity index (χ1) is 8.04. The summed E-state index contributed by atoms with van der Waals surface area (Å²) in [6.45, 7) is 5.68. The molecule has 1 N–H and O–H groups in total. The highest BCUT2D eigenvalue weighted by atomic mass is 16.2. The third-order valence-corrected chi connectivity index (χ3v) is 2.92. The van der Waals surface area contributed by atoms with Gasteiger partial charge in [-0.2, -0.15) is 0 Å². The molecule has 90 valence electrons. The number of nitrogens with one attached hydrogen (secondary N) is 1. The van der Waals surface area contributed by atoms with Crippen molar-refractivity contribution < 1.29 is 0 Å². The largest absolute Gasteiger partial charge is 0.329 e. The van der Waals surface area contributed by atoms with Crippen LogP contribution >= 0.6 is 0 Å². The lowest BCUT2D eigenvalue weighted by Gasteiger charge is -2.09. The average molecular weight is 232 g/mol. The van der Waals surface area contributed by atoms with E-state index in [2.05, 4.69) is 4.98 Å². The van der Waals surface area contributed by atoms with E-state index in [1.54, 1.807) is 6.07 Å². The lowest BCUT2D eigenvalue weighted by atomic mass is 10.1. The van der Waals surface area contributed by atoms with E-state index in [9.17, 15) is 9.59 Å². The molecule has 0 aliphatic carbocycles. The van der Waals surface area contributed by atoms with Gasteiger partial charge in [0.1, 0.15) is 0 Å². The van der Waals surface area contributed by atoms with Gasteiger partial charge in [0.15, 0.2) is 0 Å². The molecule has 17 heavy (non-hydrogen) atoms. The highest BCUT2D eigenvalue weighted by molar-refractivity contribution is 5.77. The molecule has 1 heterocycles. The lowest BCUT2D eigenvalue weighted by Crippen LogP contribution is -2.36. The molecule has 2 rings (SSSR count). The van der Waals surface area contributed by atoms with Crippen molar-refractivity contribution in [1.82, 2.24) is 9.55 Å². The molecule has 0 amide bonds. The molecule has 1 aromatic carbocycles. The Morgan fingerprint density at radius 2 is 2.00 bits per heavy atom. The van der Waals surface area contributed by atoms with Crippen LogP contribution in [-0.2, 0) is 6.42 Å². The van der Waals surface area contributed by atoms with Crippen LogP contribution < -0.4 is 11.2 Å². The molecule has 0 aliphatic rings. The summed E-state index contributed by atoms with van der Waals surface area (Å²) in [6.07, 6.45) is 0.880. The number of fused-ring (bicyclic) bond motifs is 1. The van der Waals surface area contributed by atoms with Crippen LogP contribution in [0.2, 0.25) is 0 Å². The second kappa shape index (κ2) is 4.20. The highest BCUT2D eigenvalue weighted by Crippen LogP contribution is 2.10. The van der Waals surface area contributed by atoms with E-state index < -0.39 is 0 Å². The smallest absolute Gasteiger partial charge is 0.307 e. The maximum absolute atomic E-state index is 12.1. The molecule has 0 atom stereocenters. The summed E-state index contributed by atoms with van der Waals surface area (Å²) in [5.74, 6) is 0. The molecule has 2 aromatic rings. The van der Waals surface area contributed by atoms with Crippen LogP contribution in [0.15, 0.2) is 27.8 Å². The minimum absolute atomic E-state index is 0.137. The van der Waals surface area contributed by atoms with Gasteiger partial charge in [0.25, 0.3) is 5.56 Å². The van der Waals surface area contributed by atoms with Gasteiger partial charge in [0.2, 0.25) is 0 Å². The standard InChI is InChI=1S/C13H16N2O2/c1-4-9-5-6-10-11(7-9)14-13(17)15(8(2)3)12(10)16/h5-8H,4H2,1-3H3,(H,14,17). The summed E-state index contributed by atoms with van der Waals surface area (Å²) in [6, 6.07) is 5.43. The Hall–Kier alpha value is -1.84. The van der Waals surface area contributed by atoms with E-state index in [-0.39, 0.29) is 17.3 Å². The topological polar surface area (TPSA) is 54.9 Å². The molecule has 1 aromatic heterocycles. The van der Waals surface area contributed by atoms with Crippen molar-refractivity contribution in [2.45, 2.75) is 33.2 Å². The van der Waals surface area contributed by atoms with Gasteiger partial charge in [-0.15, -0.1) is 0 Å². The second-order valence-electron chi connectivity index (χ2n) is 4.43. The summed E-state index contributed by atoms with van der Waals surface area (Å²) >= 11 is 0. The quantitative estimate of drug-likeness (QED) is 0.858. The molecular weight excluding hydrogens is 216 g/mol. The summed E-state index contributed by atoms with van der Waals surface area (Å²) in [5.41, 5.74) is 1.17. The van der Waals surface area contributed by atoms with Gasteiger partial charge in [-0.3, -0.25) is 9.36 Å². The Bertz CT molecular complexity index is 665. The zero-order valence-corrected chi connectivity index (χ0v) is 10.3. The second-order valence-corrected chi connectivity index (χ2v) is 4.43. The Labute approximate surface area is 98.9 Å². The van der Waals surface area contributed by atoms with Crippen LogP contribution in [0, 0.1) is 0 Å². The van der Waals surface area contributed by atoms with E-state index >= 15 is 0 Å². The van der Waals surface area contributed by atoms with Crippen molar-refractivity contribution in [1.29, 1.82) is 0 Å². The monoisotopic (exact) mass is 232 g/mol. The molecule has 4 nitrogen and oxygen atoms in total. The van der Waals surface area contributed by atoms with Crippen LogP contribution in [0.4, 0.5) is 0 Å². The maximum Gasteiger partial charge on any atom is 0.329 e. The first-order valence-electron chi connectivity index (χ1n) is 5.82. The number of H-pyrrole nitrogens is 1. The zero-order chi connectivity index (χ0) is 12.6. The Morgan fingerprint density at radius 3 is 2.59 bits per heavy atom. The molecular formula is C13H16N2O2. The van der Waals surface area contributed by atoms with Crippen LogP contribution in [-0.4, -0.2) is 9.55 Å². The number of hydrogen-bond donors (Lipinski definition) is 1. The SMILES string of the molecule is CCc1ccc2c(=O)n(C(C)C)c(=O)[nH]c2c1. The average Bonchev–Trinajstić information content (AvgIpc) is 2.27. The highest BCUT2D eigenvalue weighted by Gasteiger charge is 2.09. The van der Waals surface area contributed by atoms with Gasteiger partial charge < -0.3 is 4.98 Å². The van der Waals surface area contributed by atoms with Crippen molar-refractivity contribution in [3.05, 3.63) is 44.6 Å². The van der Waals surface area contributed by atoms with Crippen LogP contribution in [0.25, 0.3) is 10.9 Å². The molecule has 0 radical (unpaired) electrons. The van der Waals surface area contributed by atoms with Crippen LogP contribution in [0.3, 0.4) is 0 Å². The van der Waals surface area contributed by atoms with Crippen LogP contribution in [0.1, 0.15) is 32.4 Å². The predicted molar refractivity (Wildman–Crippen MR) is 68.6 cm³/mol. The fourth-order valence-corrected chi connectivity index (χ4v) is 1.97. The minimum Gasteiger partial charge on any atom is -0.307 e. The number of benzene rings is 1. The van der Waals surface area contributed by atoms with Crippen molar-refractivity contribution >= 4 is 10.9 Å². The van der Waals surface area contributed by atoms with E-state index in [1.807, 2.05) is 32.9 Å². The number of nitrogens with zero attached hydrogens (tertiary/aromatic N) is 1. The maximum atomic E-state index is 12.1. The van der Waals surface area contributed by atoms with Crippen molar-refractivity contribution in [2.24, 2.45) is 0 Å². The predicted octanol–water partition coefficient (Wildman–Crippen LogP) is 1.83. The summed E-state index contributed by atoms with van der Waals surface area (Å²) in [5, 5.41) is 0.565. The first-order valence-corrected chi connectivity index (χ1v) is 5.82. The molecule has 0 fully saturated rings. The van der Waals surface area contributed by atoms with E-state index in [1.165, 1.54) is 4.57 Å². The van der Waals surface area contributed by atoms with Crippen molar-refractivity contribution in [3.63, 3.8) is 0 Å². The van der Waals surface area contributed by atoms with Crippen LogP contribution in [0.5, 0.6) is 0 Å². The Balaban J connectivity index is 2.86. The summed E-state index contributed by atoms with van der Waals surface area (Å²) in [4.78, 5) is 26.7. The number of aryl methyl sites for hydroxylation is 1. The van der Waals surface area contributed by atoms with E-state index in [4.69, 9.17) is 0 Å². The molecule has 0 aliphatic heterocycles. The molecule has 0 bridgehead atoms. The van der Waals surface area contributed by atoms with Crippen molar-refractivity contribution in [2.75, 3.05) is 0 Å². The van der Waals surface area contributed by atoms with Gasteiger partial charge in [-0.25, -0.2) is 4.79 Å².